The van der Waals surface area contributed by atoms with Crippen LogP contribution < -0.4 is 5.32 Å². The fourth-order valence-corrected chi connectivity index (χ4v) is 3.89. The van der Waals surface area contributed by atoms with E-state index >= 15 is 0 Å². The third-order valence-electron chi connectivity index (χ3n) is 4.59. The number of imide groups is 1. The first-order valence-electron chi connectivity index (χ1n) is 8.40. The number of ether oxygens (including phenoxy) is 1. The summed E-state index contributed by atoms with van der Waals surface area (Å²) >= 11 is 1.18. The van der Waals surface area contributed by atoms with Gasteiger partial charge in [0.05, 0.1) is 17.4 Å². The summed E-state index contributed by atoms with van der Waals surface area (Å²) in [5.74, 6) is -3.02. The van der Waals surface area contributed by atoms with Gasteiger partial charge in [0.1, 0.15) is 17.6 Å². The molecule has 0 unspecified atom stereocenters. The SMILES string of the molecule is C[C@@H](OC(=O)CN1C(=O)[C@H]2CC=CC[C@@H]2C1=O)C(=O)Nc1sccc1C#N. The molecule has 27 heavy (non-hydrogen) atoms. The molecule has 3 atom stereocenters. The molecule has 140 valence electrons. The number of hydrogen-bond donors (Lipinski definition) is 1. The summed E-state index contributed by atoms with van der Waals surface area (Å²) in [6, 6.07) is 3.51. The minimum atomic E-state index is -1.14. The molecule has 9 heteroatoms. The van der Waals surface area contributed by atoms with Gasteiger partial charge in [-0.05, 0) is 31.2 Å². The lowest BCUT2D eigenvalue weighted by Gasteiger charge is -2.17. The van der Waals surface area contributed by atoms with Crippen molar-refractivity contribution < 1.29 is 23.9 Å². The molecule has 0 spiro atoms. The molecule has 1 aromatic heterocycles. The molecule has 2 aliphatic rings. The van der Waals surface area contributed by atoms with Gasteiger partial charge in [0.15, 0.2) is 6.10 Å². The number of nitrogens with zero attached hydrogens (tertiary/aromatic N) is 2. The second-order valence-corrected chi connectivity index (χ2v) is 7.23. The van der Waals surface area contributed by atoms with Crippen LogP contribution in [0.25, 0.3) is 0 Å². The second kappa shape index (κ2) is 7.72. The van der Waals surface area contributed by atoms with Crippen LogP contribution in [0.1, 0.15) is 25.3 Å². The number of nitriles is 1. The monoisotopic (exact) mass is 387 g/mol. The van der Waals surface area contributed by atoms with Crippen LogP contribution >= 0.6 is 11.3 Å². The average Bonchev–Trinajstić information content (AvgIpc) is 3.20. The molecule has 1 aliphatic carbocycles. The van der Waals surface area contributed by atoms with E-state index in [2.05, 4.69) is 5.32 Å². The number of carbonyl (C=O) groups excluding carboxylic acids is 4. The van der Waals surface area contributed by atoms with E-state index in [0.29, 0.717) is 23.4 Å². The van der Waals surface area contributed by atoms with Crippen molar-refractivity contribution in [2.24, 2.45) is 11.8 Å². The lowest BCUT2D eigenvalue weighted by atomic mass is 9.85. The van der Waals surface area contributed by atoms with Gasteiger partial charge in [-0.2, -0.15) is 5.26 Å². The van der Waals surface area contributed by atoms with Crippen molar-refractivity contribution in [3.63, 3.8) is 0 Å². The summed E-state index contributed by atoms with van der Waals surface area (Å²) < 4.78 is 5.06. The number of anilines is 1. The summed E-state index contributed by atoms with van der Waals surface area (Å²) in [5.41, 5.74) is 0.316. The van der Waals surface area contributed by atoms with E-state index in [1.54, 1.807) is 11.4 Å². The summed E-state index contributed by atoms with van der Waals surface area (Å²) in [6.45, 7) is 0.870. The van der Waals surface area contributed by atoms with E-state index in [1.807, 2.05) is 18.2 Å². The number of fused-ring (bicyclic) bond motifs is 1. The van der Waals surface area contributed by atoms with Gasteiger partial charge in [-0.3, -0.25) is 24.1 Å². The normalized spacial score (nSPS) is 22.1. The van der Waals surface area contributed by atoms with Gasteiger partial charge in [-0.1, -0.05) is 12.2 Å². The quantitative estimate of drug-likeness (QED) is 0.464. The topological polar surface area (TPSA) is 117 Å². The van der Waals surface area contributed by atoms with Crippen molar-refractivity contribution in [1.82, 2.24) is 4.90 Å². The van der Waals surface area contributed by atoms with Crippen molar-refractivity contribution in [2.75, 3.05) is 11.9 Å². The summed E-state index contributed by atoms with van der Waals surface area (Å²) in [6.07, 6.45) is 3.56. The highest BCUT2D eigenvalue weighted by molar-refractivity contribution is 7.14. The molecule has 1 aliphatic heterocycles. The van der Waals surface area contributed by atoms with Gasteiger partial charge in [0.25, 0.3) is 5.91 Å². The number of amides is 3. The van der Waals surface area contributed by atoms with Gasteiger partial charge in [0.2, 0.25) is 11.8 Å². The molecule has 1 fully saturated rings. The Labute approximate surface area is 159 Å². The number of likely N-dealkylation sites (tertiary alicyclic amines) is 1. The Kier molecular flexibility index (Phi) is 5.37. The van der Waals surface area contributed by atoms with Crippen molar-refractivity contribution in [3.05, 3.63) is 29.2 Å². The van der Waals surface area contributed by atoms with Crippen molar-refractivity contribution in [2.45, 2.75) is 25.9 Å². The van der Waals surface area contributed by atoms with Gasteiger partial charge in [0, 0.05) is 0 Å². The zero-order chi connectivity index (χ0) is 19.6. The fraction of sp³-hybridized carbons (Fsp3) is 0.389. The predicted octanol–water partition coefficient (Wildman–Crippen LogP) is 1.44. The van der Waals surface area contributed by atoms with Crippen molar-refractivity contribution in [3.8, 4) is 6.07 Å². The zero-order valence-corrected chi connectivity index (χ0v) is 15.3. The van der Waals surface area contributed by atoms with E-state index in [9.17, 15) is 19.2 Å². The number of carbonyl (C=O) groups is 4. The molecule has 0 saturated carbocycles. The van der Waals surface area contributed by atoms with E-state index in [0.717, 1.165) is 4.90 Å². The average molecular weight is 387 g/mol. The van der Waals surface area contributed by atoms with Crippen molar-refractivity contribution >= 4 is 40.0 Å². The van der Waals surface area contributed by atoms with Crippen LogP contribution in [0.2, 0.25) is 0 Å². The molecular weight excluding hydrogens is 370 g/mol. The van der Waals surface area contributed by atoms with E-state index in [1.165, 1.54) is 18.3 Å². The van der Waals surface area contributed by atoms with Gasteiger partial charge < -0.3 is 10.1 Å². The largest absolute Gasteiger partial charge is 0.451 e. The number of hydrogen-bond acceptors (Lipinski definition) is 7. The first-order chi connectivity index (χ1) is 12.9. The second-order valence-electron chi connectivity index (χ2n) is 6.31. The molecule has 8 nitrogen and oxygen atoms in total. The molecule has 1 aromatic rings. The van der Waals surface area contributed by atoms with Crippen LogP contribution in [-0.2, 0) is 23.9 Å². The number of esters is 1. The van der Waals surface area contributed by atoms with Gasteiger partial charge >= 0.3 is 5.97 Å². The Morgan fingerprint density at radius 3 is 2.56 bits per heavy atom. The van der Waals surface area contributed by atoms with E-state index < -0.39 is 36.4 Å². The molecular formula is C18H17N3O5S. The Bertz CT molecular complexity index is 843. The maximum atomic E-state index is 12.3. The molecule has 0 bridgehead atoms. The Morgan fingerprint density at radius 1 is 1.33 bits per heavy atom. The van der Waals surface area contributed by atoms with Crippen LogP contribution in [0.15, 0.2) is 23.6 Å². The molecule has 1 N–H and O–H groups in total. The number of rotatable bonds is 5. The summed E-state index contributed by atoms with van der Waals surface area (Å²) in [7, 11) is 0. The maximum Gasteiger partial charge on any atom is 0.326 e. The molecule has 2 heterocycles. The molecule has 3 rings (SSSR count). The highest BCUT2D eigenvalue weighted by Crippen LogP contribution is 2.34. The van der Waals surface area contributed by atoms with E-state index in [-0.39, 0.29) is 11.8 Å². The first-order valence-corrected chi connectivity index (χ1v) is 9.28. The smallest absolute Gasteiger partial charge is 0.326 e. The summed E-state index contributed by atoms with van der Waals surface area (Å²) in [5, 5.41) is 13.5. The number of nitrogens with one attached hydrogen (secondary N) is 1. The first kappa shape index (κ1) is 18.8. The van der Waals surface area contributed by atoms with Gasteiger partial charge in [-0.15, -0.1) is 11.3 Å². The van der Waals surface area contributed by atoms with E-state index in [4.69, 9.17) is 10.00 Å². The minimum absolute atomic E-state index is 0.316. The Morgan fingerprint density at radius 2 is 1.96 bits per heavy atom. The molecule has 0 aromatic carbocycles. The van der Waals surface area contributed by atoms with Crippen LogP contribution in [0, 0.1) is 23.2 Å². The standard InChI is InChI=1S/C18H17N3O5S/c1-10(15(23)20-16-11(8-19)6-7-27-16)26-14(22)9-21-17(24)12-4-2-3-5-13(12)18(21)25/h2-3,6-7,10,12-13H,4-5,9H2,1H3,(H,20,23)/t10-,12+,13+/m1/s1. The Balaban J connectivity index is 1.56. The number of thiophene rings is 1. The van der Waals surface area contributed by atoms with Crippen LogP contribution in [0.4, 0.5) is 5.00 Å². The third-order valence-corrected chi connectivity index (χ3v) is 5.42. The lowest BCUT2D eigenvalue weighted by Crippen LogP contribution is -2.39. The molecule has 1 saturated heterocycles. The summed E-state index contributed by atoms with van der Waals surface area (Å²) in [4.78, 5) is 49.9. The van der Waals surface area contributed by atoms with Gasteiger partial charge in [-0.25, -0.2) is 0 Å². The predicted molar refractivity (Wildman–Crippen MR) is 95.3 cm³/mol. The zero-order valence-electron chi connectivity index (χ0n) is 14.5. The lowest BCUT2D eigenvalue weighted by molar-refractivity contribution is -0.158. The van der Waals surface area contributed by atoms with Crippen LogP contribution in [0.3, 0.4) is 0 Å². The van der Waals surface area contributed by atoms with Crippen molar-refractivity contribution in [1.29, 1.82) is 5.26 Å². The van der Waals surface area contributed by atoms with Crippen LogP contribution in [0.5, 0.6) is 0 Å². The highest BCUT2D eigenvalue weighted by Gasteiger charge is 2.47. The van der Waals surface area contributed by atoms with Crippen LogP contribution in [-0.4, -0.2) is 41.2 Å². The highest BCUT2D eigenvalue weighted by atomic mass is 32.1. The Hall–Kier alpha value is -2.99. The molecule has 0 radical (unpaired) electrons. The fourth-order valence-electron chi connectivity index (χ4n) is 3.15. The minimum Gasteiger partial charge on any atom is -0.451 e. The molecule has 3 amide bonds. The maximum absolute atomic E-state index is 12.3. The number of allylic oxidation sites excluding steroid dienone is 2. The third kappa shape index (κ3) is 3.75.